The maximum atomic E-state index is 9.08. The molecule has 1 heterocycles. The van der Waals surface area contributed by atoms with E-state index in [1.165, 1.54) is 0 Å². The van der Waals surface area contributed by atoms with E-state index in [0.29, 0.717) is 23.6 Å². The largest absolute Gasteiger partial charge is 0.494 e. The number of hydrogen-bond acceptors (Lipinski definition) is 6. The van der Waals surface area contributed by atoms with E-state index in [1.807, 2.05) is 30.3 Å². The Kier molecular flexibility index (Phi) is 4.41. The van der Waals surface area contributed by atoms with Crippen LogP contribution >= 0.6 is 0 Å². The van der Waals surface area contributed by atoms with Gasteiger partial charge >= 0.3 is 7.12 Å². The zero-order valence-corrected chi connectivity index (χ0v) is 12.6. The quantitative estimate of drug-likeness (QED) is 0.608. The molecule has 0 bridgehead atoms. The topological polar surface area (TPSA) is 87.5 Å². The number of nitrogens with one attached hydrogen (secondary N) is 1. The van der Waals surface area contributed by atoms with Gasteiger partial charge in [0.2, 0.25) is 0 Å². The first-order valence-electron chi connectivity index (χ1n) is 7.16. The molecule has 0 saturated heterocycles. The first-order chi connectivity index (χ1) is 11.2. The van der Waals surface area contributed by atoms with Crippen LogP contribution in [0.2, 0.25) is 0 Å². The van der Waals surface area contributed by atoms with Crippen LogP contribution in [0.15, 0.2) is 48.7 Å². The molecule has 0 atom stereocenters. The van der Waals surface area contributed by atoms with Gasteiger partial charge < -0.3 is 20.1 Å². The zero-order valence-electron chi connectivity index (χ0n) is 12.6. The molecule has 1 aromatic heterocycles. The van der Waals surface area contributed by atoms with Gasteiger partial charge in [-0.15, -0.1) is 0 Å². The number of benzene rings is 2. The van der Waals surface area contributed by atoms with Crippen molar-refractivity contribution < 1.29 is 14.8 Å². The van der Waals surface area contributed by atoms with Crippen LogP contribution in [0.5, 0.6) is 5.75 Å². The molecule has 6 nitrogen and oxygen atoms in total. The van der Waals surface area contributed by atoms with Crippen molar-refractivity contribution in [2.45, 2.75) is 6.54 Å². The number of ether oxygens (including phenoxy) is 1. The third-order valence-electron chi connectivity index (χ3n) is 3.51. The SMILES string of the molecule is COc1cccc2nc(NCc3ccc(B(O)O)cc3)cnc12. The molecule has 0 aliphatic rings. The van der Waals surface area contributed by atoms with Gasteiger partial charge in [0.1, 0.15) is 17.1 Å². The molecular formula is C16H16BN3O3. The number of rotatable bonds is 5. The van der Waals surface area contributed by atoms with Gasteiger partial charge in [0.05, 0.1) is 18.8 Å². The van der Waals surface area contributed by atoms with E-state index in [0.717, 1.165) is 16.6 Å². The van der Waals surface area contributed by atoms with Crippen molar-refractivity contribution in [2.24, 2.45) is 0 Å². The van der Waals surface area contributed by atoms with E-state index in [-0.39, 0.29) is 0 Å². The zero-order chi connectivity index (χ0) is 16.2. The minimum Gasteiger partial charge on any atom is -0.494 e. The summed E-state index contributed by atoms with van der Waals surface area (Å²) in [7, 11) is 0.161. The van der Waals surface area contributed by atoms with E-state index in [9.17, 15) is 0 Å². The number of para-hydroxylation sites is 1. The molecule has 23 heavy (non-hydrogen) atoms. The molecule has 0 amide bonds. The molecule has 3 N–H and O–H groups in total. The molecule has 0 saturated carbocycles. The number of hydrogen-bond donors (Lipinski definition) is 3. The Morgan fingerprint density at radius 1 is 1.13 bits per heavy atom. The summed E-state index contributed by atoms with van der Waals surface area (Å²) in [5, 5.41) is 21.4. The van der Waals surface area contributed by atoms with Crippen molar-refractivity contribution >= 4 is 29.4 Å². The molecule has 0 unspecified atom stereocenters. The number of anilines is 1. The maximum Gasteiger partial charge on any atom is 0.488 e. The van der Waals surface area contributed by atoms with Crippen LogP contribution in [0.4, 0.5) is 5.82 Å². The lowest BCUT2D eigenvalue weighted by Crippen LogP contribution is -2.29. The number of aromatic nitrogens is 2. The predicted molar refractivity (Wildman–Crippen MR) is 89.7 cm³/mol. The lowest BCUT2D eigenvalue weighted by molar-refractivity contribution is 0.419. The van der Waals surface area contributed by atoms with E-state index in [1.54, 1.807) is 25.4 Å². The second kappa shape index (κ2) is 6.64. The van der Waals surface area contributed by atoms with Crippen molar-refractivity contribution in [1.82, 2.24) is 9.97 Å². The summed E-state index contributed by atoms with van der Waals surface area (Å²) in [6, 6.07) is 12.6. The molecule has 2 aromatic carbocycles. The number of nitrogens with zero attached hydrogens (tertiary/aromatic N) is 2. The molecule has 3 rings (SSSR count). The minimum absolute atomic E-state index is 0.464. The average molecular weight is 309 g/mol. The first kappa shape index (κ1) is 15.3. The number of methoxy groups -OCH3 is 1. The van der Waals surface area contributed by atoms with Crippen LogP contribution in [0, 0.1) is 0 Å². The van der Waals surface area contributed by atoms with Crippen molar-refractivity contribution in [1.29, 1.82) is 0 Å². The fourth-order valence-electron chi connectivity index (χ4n) is 2.27. The maximum absolute atomic E-state index is 9.08. The highest BCUT2D eigenvalue weighted by Gasteiger charge is 2.09. The Hall–Kier alpha value is -2.64. The summed E-state index contributed by atoms with van der Waals surface area (Å²) < 4.78 is 5.26. The highest BCUT2D eigenvalue weighted by molar-refractivity contribution is 6.58. The molecule has 0 aliphatic carbocycles. The third kappa shape index (κ3) is 3.41. The van der Waals surface area contributed by atoms with Gasteiger partial charge in [-0.3, -0.25) is 0 Å². The number of fused-ring (bicyclic) bond motifs is 1. The minimum atomic E-state index is -1.45. The normalized spacial score (nSPS) is 10.6. The Balaban J connectivity index is 1.74. The van der Waals surface area contributed by atoms with Gasteiger partial charge in [-0.1, -0.05) is 30.3 Å². The third-order valence-corrected chi connectivity index (χ3v) is 3.51. The predicted octanol–water partition coefficient (Wildman–Crippen LogP) is 0.930. The summed E-state index contributed by atoms with van der Waals surface area (Å²) in [6.07, 6.45) is 1.66. The highest BCUT2D eigenvalue weighted by Crippen LogP contribution is 2.22. The van der Waals surface area contributed by atoms with Crippen LogP contribution in [0.3, 0.4) is 0 Å². The smallest absolute Gasteiger partial charge is 0.488 e. The van der Waals surface area contributed by atoms with Crippen LogP contribution in [0.25, 0.3) is 11.0 Å². The molecule has 7 heteroatoms. The van der Waals surface area contributed by atoms with Crippen molar-refractivity contribution in [3.63, 3.8) is 0 Å². The molecule has 0 aliphatic heterocycles. The molecule has 116 valence electrons. The van der Waals surface area contributed by atoms with Crippen LogP contribution < -0.4 is 15.5 Å². The average Bonchev–Trinajstić information content (AvgIpc) is 2.59. The molecule has 0 fully saturated rings. The van der Waals surface area contributed by atoms with Crippen molar-refractivity contribution in [2.75, 3.05) is 12.4 Å². The van der Waals surface area contributed by atoms with Gasteiger partial charge in [-0.2, -0.15) is 0 Å². The summed E-state index contributed by atoms with van der Waals surface area (Å²) in [5.41, 5.74) is 2.95. The summed E-state index contributed by atoms with van der Waals surface area (Å²) in [6.45, 7) is 0.561. The fourth-order valence-corrected chi connectivity index (χ4v) is 2.27. The summed E-state index contributed by atoms with van der Waals surface area (Å²) >= 11 is 0. The van der Waals surface area contributed by atoms with E-state index in [4.69, 9.17) is 14.8 Å². The Morgan fingerprint density at radius 3 is 2.61 bits per heavy atom. The van der Waals surface area contributed by atoms with E-state index < -0.39 is 7.12 Å². The molecule has 0 spiro atoms. The highest BCUT2D eigenvalue weighted by atomic mass is 16.5. The second-order valence-corrected chi connectivity index (χ2v) is 5.05. The second-order valence-electron chi connectivity index (χ2n) is 5.05. The van der Waals surface area contributed by atoms with Gasteiger partial charge in [0, 0.05) is 6.54 Å². The van der Waals surface area contributed by atoms with E-state index >= 15 is 0 Å². The Bertz CT molecular complexity index is 809. The fraction of sp³-hybridized carbons (Fsp3) is 0.125. The van der Waals surface area contributed by atoms with Gasteiger partial charge in [-0.05, 0) is 23.2 Å². The lowest BCUT2D eigenvalue weighted by Gasteiger charge is -2.08. The summed E-state index contributed by atoms with van der Waals surface area (Å²) in [5.74, 6) is 1.36. The van der Waals surface area contributed by atoms with Crippen molar-refractivity contribution in [3.05, 3.63) is 54.2 Å². The van der Waals surface area contributed by atoms with Gasteiger partial charge in [-0.25, -0.2) is 9.97 Å². The first-order valence-corrected chi connectivity index (χ1v) is 7.16. The van der Waals surface area contributed by atoms with Crippen LogP contribution in [0.1, 0.15) is 5.56 Å². The monoisotopic (exact) mass is 309 g/mol. The van der Waals surface area contributed by atoms with Gasteiger partial charge in [0.25, 0.3) is 0 Å². The molecular weight excluding hydrogens is 293 g/mol. The lowest BCUT2D eigenvalue weighted by atomic mass is 9.80. The van der Waals surface area contributed by atoms with Crippen LogP contribution in [-0.4, -0.2) is 34.2 Å². The van der Waals surface area contributed by atoms with E-state index in [2.05, 4.69) is 15.3 Å². The summed E-state index contributed by atoms with van der Waals surface area (Å²) in [4.78, 5) is 8.90. The van der Waals surface area contributed by atoms with Gasteiger partial charge in [0.15, 0.2) is 0 Å². The Morgan fingerprint density at radius 2 is 1.91 bits per heavy atom. The molecule has 3 aromatic rings. The molecule has 0 radical (unpaired) electrons. The Labute approximate surface area is 133 Å². The van der Waals surface area contributed by atoms with Crippen LogP contribution in [-0.2, 0) is 6.54 Å². The van der Waals surface area contributed by atoms with Crippen molar-refractivity contribution in [3.8, 4) is 5.75 Å². The standard InChI is InChI=1S/C16H16BN3O3/c1-23-14-4-2-3-13-16(14)19-10-15(20-13)18-9-11-5-7-12(8-6-11)17(21)22/h2-8,10,21-22H,9H2,1H3,(H,18,20).